The van der Waals surface area contributed by atoms with Gasteiger partial charge in [0.15, 0.2) is 5.75 Å². The number of halogens is 2. The van der Waals surface area contributed by atoms with E-state index in [0.717, 1.165) is 68.7 Å². The predicted octanol–water partition coefficient (Wildman–Crippen LogP) is 6.22. The summed E-state index contributed by atoms with van der Waals surface area (Å²) in [5.41, 5.74) is 3.35. The number of nitrogens with one attached hydrogen (secondary N) is 3. The lowest BCUT2D eigenvalue weighted by molar-refractivity contribution is 0.148. The van der Waals surface area contributed by atoms with E-state index in [-0.39, 0.29) is 11.6 Å². The summed E-state index contributed by atoms with van der Waals surface area (Å²) in [5, 5.41) is 7.08. The van der Waals surface area contributed by atoms with Crippen LogP contribution in [0, 0.1) is 11.6 Å². The zero-order valence-corrected chi connectivity index (χ0v) is 20.3. The Hall–Kier alpha value is -3.16. The standard InChI is InChI=1S/C29H30F2N4O/c1-35-19-5-6-20(35)14-18(13-19)32-9-2-10-36-29-27-23(21-11-16(30)3-7-25(21)33-27)15-24-22-12-17(31)4-8-26(22)34-28(24)29/h3-4,7-8,11-12,15,18-20,32-34H,2,5-6,9-10,13-14H2,1H3. The fourth-order valence-corrected chi connectivity index (χ4v) is 6.57. The Morgan fingerprint density at radius 3 is 2.03 bits per heavy atom. The summed E-state index contributed by atoms with van der Waals surface area (Å²) in [6.45, 7) is 1.46. The van der Waals surface area contributed by atoms with Crippen LogP contribution in [0.1, 0.15) is 32.1 Å². The molecule has 2 atom stereocenters. The van der Waals surface area contributed by atoms with Crippen molar-refractivity contribution in [2.75, 3.05) is 20.2 Å². The molecule has 2 bridgehead atoms. The third-order valence-electron chi connectivity index (χ3n) is 8.44. The molecular formula is C29H30F2N4O. The van der Waals surface area contributed by atoms with Gasteiger partial charge in [-0.2, -0.15) is 0 Å². The summed E-state index contributed by atoms with van der Waals surface area (Å²) >= 11 is 0. The molecule has 2 aromatic heterocycles. The molecule has 2 fully saturated rings. The van der Waals surface area contributed by atoms with E-state index in [0.29, 0.717) is 18.4 Å². The number of aromatic nitrogens is 2. The van der Waals surface area contributed by atoms with E-state index in [1.54, 1.807) is 12.1 Å². The van der Waals surface area contributed by atoms with Crippen LogP contribution in [-0.4, -0.2) is 53.2 Å². The third-order valence-corrected chi connectivity index (χ3v) is 8.44. The monoisotopic (exact) mass is 488 g/mol. The summed E-state index contributed by atoms with van der Waals surface area (Å²) < 4.78 is 34.6. The van der Waals surface area contributed by atoms with Crippen LogP contribution in [0.3, 0.4) is 0 Å². The van der Waals surface area contributed by atoms with E-state index < -0.39 is 0 Å². The number of nitrogens with zero attached hydrogens (tertiary/aromatic N) is 1. The van der Waals surface area contributed by atoms with Gasteiger partial charge >= 0.3 is 0 Å². The summed E-state index contributed by atoms with van der Waals surface area (Å²) in [6, 6.07) is 13.5. The Bertz CT molecular complexity index is 1500. The van der Waals surface area contributed by atoms with Crippen molar-refractivity contribution in [3.05, 3.63) is 54.1 Å². The number of piperidine rings is 1. The Kier molecular flexibility index (Phi) is 5.18. The van der Waals surface area contributed by atoms with Crippen LogP contribution in [-0.2, 0) is 0 Å². The van der Waals surface area contributed by atoms with Gasteiger partial charge in [0.25, 0.3) is 0 Å². The molecule has 2 unspecified atom stereocenters. The number of hydrogen-bond donors (Lipinski definition) is 3. The lowest BCUT2D eigenvalue weighted by atomic mass is 9.98. The third kappa shape index (κ3) is 3.56. The van der Waals surface area contributed by atoms with Gasteiger partial charge in [0.2, 0.25) is 0 Å². The molecule has 186 valence electrons. The number of aromatic amines is 2. The lowest BCUT2D eigenvalue weighted by Crippen LogP contribution is -2.47. The van der Waals surface area contributed by atoms with Crippen LogP contribution in [0.2, 0.25) is 0 Å². The van der Waals surface area contributed by atoms with E-state index >= 15 is 0 Å². The number of rotatable bonds is 6. The second-order valence-corrected chi connectivity index (χ2v) is 10.6. The quantitative estimate of drug-likeness (QED) is 0.249. The molecule has 2 saturated heterocycles. The van der Waals surface area contributed by atoms with Crippen LogP contribution >= 0.6 is 0 Å². The molecule has 0 aliphatic carbocycles. The Morgan fingerprint density at radius 1 is 0.861 bits per heavy atom. The highest BCUT2D eigenvalue weighted by atomic mass is 19.1. The highest BCUT2D eigenvalue weighted by Crippen LogP contribution is 2.41. The first-order valence-electron chi connectivity index (χ1n) is 13.0. The molecule has 2 aliphatic rings. The maximum atomic E-state index is 14.1. The predicted molar refractivity (Wildman–Crippen MR) is 141 cm³/mol. The van der Waals surface area contributed by atoms with Gasteiger partial charge in [-0.3, -0.25) is 0 Å². The van der Waals surface area contributed by atoms with Crippen molar-refractivity contribution in [3.63, 3.8) is 0 Å². The first-order chi connectivity index (χ1) is 17.5. The molecule has 0 radical (unpaired) electrons. The van der Waals surface area contributed by atoms with Crippen LogP contribution in [0.15, 0.2) is 42.5 Å². The minimum absolute atomic E-state index is 0.288. The minimum Gasteiger partial charge on any atom is -0.489 e. The largest absolute Gasteiger partial charge is 0.489 e. The van der Waals surface area contributed by atoms with Crippen LogP contribution in [0.5, 0.6) is 5.75 Å². The average Bonchev–Trinajstić information content (AvgIpc) is 3.46. The molecule has 4 heterocycles. The molecule has 5 nitrogen and oxygen atoms in total. The first-order valence-corrected chi connectivity index (χ1v) is 13.0. The molecule has 7 heteroatoms. The normalized spacial score (nSPS) is 22.5. The average molecular weight is 489 g/mol. The lowest BCUT2D eigenvalue weighted by Gasteiger charge is -2.36. The number of fused-ring (bicyclic) bond motifs is 8. The maximum absolute atomic E-state index is 14.1. The van der Waals surface area contributed by atoms with Gasteiger partial charge in [-0.25, -0.2) is 8.78 Å². The maximum Gasteiger partial charge on any atom is 0.167 e. The van der Waals surface area contributed by atoms with Crippen molar-refractivity contribution in [2.45, 2.75) is 50.2 Å². The number of hydrogen-bond acceptors (Lipinski definition) is 3. The van der Waals surface area contributed by atoms with Gasteiger partial charge in [-0.15, -0.1) is 0 Å². The van der Waals surface area contributed by atoms with Crippen LogP contribution in [0.4, 0.5) is 8.78 Å². The fraction of sp³-hybridized carbons (Fsp3) is 0.379. The zero-order valence-electron chi connectivity index (χ0n) is 20.3. The summed E-state index contributed by atoms with van der Waals surface area (Å²) in [6.07, 6.45) is 5.98. The molecule has 3 N–H and O–H groups in total. The second kappa shape index (κ2) is 8.46. The minimum atomic E-state index is -0.288. The van der Waals surface area contributed by atoms with Gasteiger partial charge in [-0.1, -0.05) is 0 Å². The molecule has 3 aromatic carbocycles. The summed E-state index contributed by atoms with van der Waals surface area (Å²) in [4.78, 5) is 9.42. The van der Waals surface area contributed by atoms with Crippen molar-refractivity contribution in [2.24, 2.45) is 0 Å². The van der Waals surface area contributed by atoms with Gasteiger partial charge in [0.1, 0.15) is 11.6 Å². The van der Waals surface area contributed by atoms with Gasteiger partial charge in [-0.05, 0) is 88.2 Å². The first kappa shape index (κ1) is 22.1. The molecule has 0 amide bonds. The highest BCUT2D eigenvalue weighted by molar-refractivity contribution is 6.20. The van der Waals surface area contributed by atoms with E-state index in [2.05, 4.69) is 27.2 Å². The SMILES string of the molecule is CN1C2CCC1CC(NCCCOc1c3[nH]c4ccc(F)cc4c3cc3c1[nH]c1ccc(F)cc13)C2. The van der Waals surface area contributed by atoms with E-state index in [1.165, 1.54) is 49.9 Å². The van der Waals surface area contributed by atoms with Crippen LogP contribution < -0.4 is 10.1 Å². The molecule has 2 aliphatic heterocycles. The topological polar surface area (TPSA) is 56.1 Å². The Balaban J connectivity index is 1.18. The van der Waals surface area contributed by atoms with Crippen molar-refractivity contribution in [1.29, 1.82) is 0 Å². The molecular weight excluding hydrogens is 458 g/mol. The second-order valence-electron chi connectivity index (χ2n) is 10.6. The number of H-pyrrole nitrogens is 2. The molecule has 0 spiro atoms. The smallest absolute Gasteiger partial charge is 0.167 e. The van der Waals surface area contributed by atoms with Crippen molar-refractivity contribution in [3.8, 4) is 5.75 Å². The van der Waals surface area contributed by atoms with Crippen molar-refractivity contribution < 1.29 is 13.5 Å². The van der Waals surface area contributed by atoms with Crippen LogP contribution in [0.25, 0.3) is 43.6 Å². The zero-order chi connectivity index (χ0) is 24.4. The van der Waals surface area contributed by atoms with Crippen molar-refractivity contribution >= 4 is 43.6 Å². The Labute approximate surface area is 207 Å². The highest BCUT2D eigenvalue weighted by Gasteiger charge is 2.37. The van der Waals surface area contributed by atoms with Gasteiger partial charge < -0.3 is 24.9 Å². The van der Waals surface area contributed by atoms with E-state index in [4.69, 9.17) is 4.74 Å². The molecule has 0 saturated carbocycles. The summed E-state index contributed by atoms with van der Waals surface area (Å²) in [7, 11) is 2.27. The molecule has 5 aromatic rings. The fourth-order valence-electron chi connectivity index (χ4n) is 6.57. The van der Waals surface area contributed by atoms with Gasteiger partial charge in [0, 0.05) is 50.7 Å². The molecule has 7 rings (SSSR count). The molecule has 36 heavy (non-hydrogen) atoms. The number of ether oxygens (including phenoxy) is 1. The Morgan fingerprint density at radius 2 is 1.44 bits per heavy atom. The van der Waals surface area contributed by atoms with E-state index in [9.17, 15) is 8.78 Å². The van der Waals surface area contributed by atoms with Crippen molar-refractivity contribution in [1.82, 2.24) is 20.2 Å². The van der Waals surface area contributed by atoms with E-state index in [1.807, 2.05) is 6.07 Å². The number of benzene rings is 3. The van der Waals surface area contributed by atoms with Gasteiger partial charge in [0.05, 0.1) is 17.6 Å². The summed E-state index contributed by atoms with van der Waals surface area (Å²) in [5.74, 6) is 0.127.